The van der Waals surface area contributed by atoms with Crippen molar-refractivity contribution < 1.29 is 4.79 Å². The monoisotopic (exact) mass is 383 g/mol. The third-order valence-corrected chi connectivity index (χ3v) is 5.92. The predicted molar refractivity (Wildman–Crippen MR) is 112 cm³/mol. The van der Waals surface area contributed by atoms with Gasteiger partial charge in [-0.15, -0.1) is 5.10 Å². The van der Waals surface area contributed by atoms with Crippen molar-refractivity contribution in [2.45, 2.75) is 71.9 Å². The summed E-state index contributed by atoms with van der Waals surface area (Å²) in [5, 5.41) is 11.9. The summed E-state index contributed by atoms with van der Waals surface area (Å²) < 4.78 is 1.68. The number of hydrogen-bond acceptors (Lipinski definition) is 5. The van der Waals surface area contributed by atoms with Gasteiger partial charge in [0.15, 0.2) is 5.78 Å². The van der Waals surface area contributed by atoms with E-state index in [1.165, 1.54) is 32.1 Å². The lowest BCUT2D eigenvalue weighted by Crippen LogP contribution is -2.37. The lowest BCUT2D eigenvalue weighted by Gasteiger charge is -2.35. The fourth-order valence-electron chi connectivity index (χ4n) is 4.62. The fraction of sp³-hybridized carbons (Fsp3) is 0.591. The van der Waals surface area contributed by atoms with E-state index in [9.17, 15) is 4.79 Å². The van der Waals surface area contributed by atoms with E-state index in [1.54, 1.807) is 11.6 Å². The van der Waals surface area contributed by atoms with Crippen molar-refractivity contribution >= 4 is 11.4 Å². The average Bonchev–Trinajstić information content (AvgIpc) is 3.25. The first kappa shape index (κ1) is 20.4. The third kappa shape index (κ3) is 4.05. The average molecular weight is 384 g/mol. The molecule has 1 N–H and O–H groups in total. The van der Waals surface area contributed by atoms with E-state index in [1.807, 2.05) is 20.0 Å². The first-order valence-electron chi connectivity index (χ1n) is 10.4. The zero-order valence-electron chi connectivity index (χ0n) is 17.6. The van der Waals surface area contributed by atoms with Gasteiger partial charge in [0.2, 0.25) is 0 Å². The number of Topliss-reactive ketones (excluding diaryl/α,β-unsaturated/α-hetero) is 1. The van der Waals surface area contributed by atoms with Crippen LogP contribution in [0, 0.1) is 11.8 Å². The molecular weight excluding hydrogens is 350 g/mol. The first-order valence-corrected chi connectivity index (χ1v) is 10.4. The standard InChI is InChI=1S/C22H33N5O/c1-7-8-18-9-10-19(11-18)26-12-20(15(4)23-17(26)6)21-13-27(25-24-21)22(14(2)3)16(5)28/h12-14,18-19,22-23H,4,6-11H2,1-3,5H3. The molecule has 6 heteroatoms. The number of ketones is 1. The third-order valence-electron chi connectivity index (χ3n) is 5.92. The molecule has 28 heavy (non-hydrogen) atoms. The van der Waals surface area contributed by atoms with Gasteiger partial charge in [-0.2, -0.15) is 0 Å². The van der Waals surface area contributed by atoms with Crippen LogP contribution < -0.4 is 5.32 Å². The Morgan fingerprint density at radius 3 is 2.75 bits per heavy atom. The van der Waals surface area contributed by atoms with Crippen LogP contribution in [0.1, 0.15) is 71.5 Å². The van der Waals surface area contributed by atoms with Crippen molar-refractivity contribution in [2.24, 2.45) is 11.8 Å². The molecule has 6 nitrogen and oxygen atoms in total. The van der Waals surface area contributed by atoms with Crippen LogP contribution in [0.4, 0.5) is 0 Å². The maximum Gasteiger partial charge on any atom is 0.154 e. The molecule has 1 fully saturated rings. The number of aromatic nitrogens is 3. The molecule has 3 unspecified atom stereocenters. The Hall–Kier alpha value is -2.37. The van der Waals surface area contributed by atoms with Gasteiger partial charge in [-0.1, -0.05) is 52.0 Å². The Labute approximate surface area is 168 Å². The highest BCUT2D eigenvalue weighted by Gasteiger charge is 2.32. The largest absolute Gasteiger partial charge is 0.342 e. The normalized spacial score (nSPS) is 23.8. The van der Waals surface area contributed by atoms with E-state index in [4.69, 9.17) is 0 Å². The van der Waals surface area contributed by atoms with Gasteiger partial charge in [-0.25, -0.2) is 4.68 Å². The van der Waals surface area contributed by atoms with Crippen molar-refractivity contribution in [1.29, 1.82) is 0 Å². The highest BCUT2D eigenvalue weighted by Crippen LogP contribution is 2.36. The summed E-state index contributed by atoms with van der Waals surface area (Å²) in [6.45, 7) is 16.2. The molecular formula is C22H33N5O. The molecule has 0 bridgehead atoms. The van der Waals surface area contributed by atoms with Crippen molar-refractivity contribution in [1.82, 2.24) is 25.2 Å². The van der Waals surface area contributed by atoms with E-state index >= 15 is 0 Å². The molecule has 0 aromatic carbocycles. The van der Waals surface area contributed by atoms with E-state index in [2.05, 4.69) is 46.8 Å². The number of allylic oxidation sites excluding steroid dienone is 1. The summed E-state index contributed by atoms with van der Waals surface area (Å²) >= 11 is 0. The summed E-state index contributed by atoms with van der Waals surface area (Å²) in [5.74, 6) is 1.91. The van der Waals surface area contributed by atoms with Crippen LogP contribution in [0.3, 0.4) is 0 Å². The number of carbonyl (C=O) groups is 1. The quantitative estimate of drug-likeness (QED) is 0.762. The van der Waals surface area contributed by atoms with Crippen molar-refractivity contribution in [3.63, 3.8) is 0 Å². The smallest absolute Gasteiger partial charge is 0.154 e. The van der Waals surface area contributed by atoms with Gasteiger partial charge in [-0.05, 0) is 38.0 Å². The molecule has 1 aliphatic carbocycles. The van der Waals surface area contributed by atoms with Crippen LogP contribution in [0.25, 0.3) is 5.57 Å². The second-order valence-corrected chi connectivity index (χ2v) is 8.51. The van der Waals surface area contributed by atoms with Crippen LogP contribution in [0.15, 0.2) is 37.1 Å². The van der Waals surface area contributed by atoms with Gasteiger partial charge < -0.3 is 10.2 Å². The van der Waals surface area contributed by atoms with Crippen molar-refractivity contribution in [3.8, 4) is 0 Å². The summed E-state index contributed by atoms with van der Waals surface area (Å²) in [6.07, 6.45) is 10.1. The molecule has 2 heterocycles. The zero-order valence-corrected chi connectivity index (χ0v) is 17.6. The van der Waals surface area contributed by atoms with Crippen LogP contribution >= 0.6 is 0 Å². The molecule has 152 valence electrons. The van der Waals surface area contributed by atoms with Gasteiger partial charge in [0.05, 0.1) is 6.20 Å². The minimum Gasteiger partial charge on any atom is -0.342 e. The number of carbonyl (C=O) groups excluding carboxylic acids is 1. The number of nitrogens with zero attached hydrogens (tertiary/aromatic N) is 4. The maximum atomic E-state index is 12.0. The predicted octanol–water partition coefficient (Wildman–Crippen LogP) is 4.26. The van der Waals surface area contributed by atoms with Gasteiger partial charge in [0.25, 0.3) is 0 Å². The SMILES string of the molecule is C=C1NC(=C)N(C2CCC(CCC)C2)C=C1c1cn(C(C(C)=O)C(C)C)nn1. The lowest BCUT2D eigenvalue weighted by atomic mass is 10.0. The summed E-state index contributed by atoms with van der Waals surface area (Å²) in [5.41, 5.74) is 2.40. The van der Waals surface area contributed by atoms with Crippen LogP contribution in [-0.4, -0.2) is 31.7 Å². The topological polar surface area (TPSA) is 63.0 Å². The fourth-order valence-corrected chi connectivity index (χ4v) is 4.62. The van der Waals surface area contributed by atoms with E-state index in [0.29, 0.717) is 6.04 Å². The molecule has 3 atom stereocenters. The highest BCUT2D eigenvalue weighted by molar-refractivity contribution is 5.80. The Bertz CT molecular complexity index is 791. The Morgan fingerprint density at radius 1 is 1.36 bits per heavy atom. The summed E-state index contributed by atoms with van der Waals surface area (Å²) in [7, 11) is 0. The molecule has 2 aliphatic rings. The van der Waals surface area contributed by atoms with Gasteiger partial charge in [0, 0.05) is 23.5 Å². The lowest BCUT2D eigenvalue weighted by molar-refractivity contribution is -0.121. The minimum atomic E-state index is -0.303. The molecule has 0 radical (unpaired) electrons. The Kier molecular flexibility index (Phi) is 6.06. The van der Waals surface area contributed by atoms with Crippen LogP contribution in [-0.2, 0) is 4.79 Å². The molecule has 1 aliphatic heterocycles. The van der Waals surface area contributed by atoms with E-state index in [-0.39, 0.29) is 17.7 Å². The molecule has 1 aromatic rings. The maximum absolute atomic E-state index is 12.0. The van der Waals surface area contributed by atoms with Crippen LogP contribution in [0.5, 0.6) is 0 Å². The zero-order chi connectivity index (χ0) is 20.4. The van der Waals surface area contributed by atoms with E-state index < -0.39 is 0 Å². The molecule has 0 spiro atoms. The molecule has 3 rings (SSSR count). The van der Waals surface area contributed by atoms with E-state index in [0.717, 1.165) is 28.7 Å². The number of nitrogens with one attached hydrogen (secondary N) is 1. The number of hydrogen-bond donors (Lipinski definition) is 1. The Balaban J connectivity index is 1.85. The van der Waals surface area contributed by atoms with Crippen molar-refractivity contribution in [3.05, 3.63) is 42.8 Å². The minimum absolute atomic E-state index is 0.0870. The molecule has 0 saturated heterocycles. The molecule has 1 saturated carbocycles. The second-order valence-electron chi connectivity index (χ2n) is 8.51. The highest BCUT2D eigenvalue weighted by atomic mass is 16.1. The summed E-state index contributed by atoms with van der Waals surface area (Å²) in [6, 6.07) is 0.151. The van der Waals surface area contributed by atoms with Crippen LogP contribution in [0.2, 0.25) is 0 Å². The summed E-state index contributed by atoms with van der Waals surface area (Å²) in [4.78, 5) is 14.3. The molecule has 0 amide bonds. The molecule has 1 aromatic heterocycles. The Morgan fingerprint density at radius 2 is 2.11 bits per heavy atom. The number of rotatable bonds is 7. The van der Waals surface area contributed by atoms with Gasteiger partial charge in [0.1, 0.15) is 17.6 Å². The van der Waals surface area contributed by atoms with Gasteiger partial charge in [-0.3, -0.25) is 4.79 Å². The van der Waals surface area contributed by atoms with Crippen molar-refractivity contribution in [2.75, 3.05) is 0 Å². The first-order chi connectivity index (χ1) is 13.3. The second kappa shape index (κ2) is 8.33. The van der Waals surface area contributed by atoms with Gasteiger partial charge >= 0.3 is 0 Å².